The lowest BCUT2D eigenvalue weighted by Gasteiger charge is -2.39. The fourth-order valence-electron chi connectivity index (χ4n) is 2.64. The van der Waals surface area contributed by atoms with E-state index >= 15 is 0 Å². The first kappa shape index (κ1) is 16.0. The molecule has 0 unspecified atom stereocenters. The summed E-state index contributed by atoms with van der Waals surface area (Å²) >= 11 is 1.46. The van der Waals surface area contributed by atoms with E-state index in [-0.39, 0.29) is 24.2 Å². The van der Waals surface area contributed by atoms with E-state index in [1.54, 1.807) is 7.05 Å². The SMILES string of the molecule is CN=C1N[C@@H]2[C@@H](O)[C@H](O)[C@@H](CCCCCCO)O[C@@H]2S1. The maximum absolute atomic E-state index is 10.2. The van der Waals surface area contributed by atoms with Gasteiger partial charge in [0, 0.05) is 13.7 Å². The molecular weight excluding hydrogens is 280 g/mol. The number of amidine groups is 1. The van der Waals surface area contributed by atoms with Crippen LogP contribution in [0.25, 0.3) is 0 Å². The molecule has 0 amide bonds. The fraction of sp³-hybridized carbons (Fsp3) is 0.923. The number of thioether (sulfide) groups is 1. The largest absolute Gasteiger partial charge is 0.396 e. The molecule has 0 bridgehead atoms. The molecular formula is C13H24N2O4S. The van der Waals surface area contributed by atoms with Gasteiger partial charge < -0.3 is 25.4 Å². The zero-order valence-electron chi connectivity index (χ0n) is 11.7. The summed E-state index contributed by atoms with van der Waals surface area (Å²) in [5, 5.41) is 32.9. The van der Waals surface area contributed by atoms with Gasteiger partial charge in [-0.2, -0.15) is 0 Å². The molecule has 2 fully saturated rings. The minimum Gasteiger partial charge on any atom is -0.396 e. The van der Waals surface area contributed by atoms with E-state index in [4.69, 9.17) is 9.84 Å². The number of aliphatic imine (C=N–C) groups is 1. The van der Waals surface area contributed by atoms with Crippen LogP contribution in [-0.2, 0) is 4.74 Å². The summed E-state index contributed by atoms with van der Waals surface area (Å²) in [5.41, 5.74) is -0.186. The predicted molar refractivity (Wildman–Crippen MR) is 78.7 cm³/mol. The van der Waals surface area contributed by atoms with Crippen molar-refractivity contribution in [1.82, 2.24) is 5.32 Å². The molecule has 2 aliphatic heterocycles. The number of ether oxygens (including phenoxy) is 1. The van der Waals surface area contributed by atoms with Gasteiger partial charge in [0.1, 0.15) is 17.6 Å². The lowest BCUT2D eigenvalue weighted by molar-refractivity contribution is -0.158. The van der Waals surface area contributed by atoms with Crippen LogP contribution in [0.4, 0.5) is 0 Å². The van der Waals surface area contributed by atoms with Gasteiger partial charge >= 0.3 is 0 Å². The first-order chi connectivity index (χ1) is 9.67. The van der Waals surface area contributed by atoms with Crippen molar-refractivity contribution in [2.24, 2.45) is 4.99 Å². The van der Waals surface area contributed by atoms with Gasteiger partial charge in [-0.25, -0.2) is 0 Å². The minimum atomic E-state index is -0.863. The number of nitrogens with zero attached hydrogens (tertiary/aromatic N) is 1. The van der Waals surface area contributed by atoms with Crippen LogP contribution in [0, 0.1) is 0 Å². The summed E-state index contributed by atoms with van der Waals surface area (Å²) in [6.45, 7) is 0.229. The molecule has 0 radical (unpaired) electrons. The smallest absolute Gasteiger partial charge is 0.159 e. The molecule has 0 aliphatic carbocycles. The summed E-state index contributed by atoms with van der Waals surface area (Å²) in [5.74, 6) is 0. The Morgan fingerprint density at radius 3 is 2.65 bits per heavy atom. The second-order valence-corrected chi connectivity index (χ2v) is 6.35. The minimum absolute atomic E-state index is 0.186. The van der Waals surface area contributed by atoms with E-state index in [1.807, 2.05) is 0 Å². The zero-order chi connectivity index (χ0) is 14.5. The molecule has 0 saturated carbocycles. The average Bonchev–Trinajstić information content (AvgIpc) is 2.87. The highest BCUT2D eigenvalue weighted by Crippen LogP contribution is 2.35. The van der Waals surface area contributed by atoms with E-state index in [9.17, 15) is 10.2 Å². The Balaban J connectivity index is 1.83. The monoisotopic (exact) mass is 304 g/mol. The average molecular weight is 304 g/mol. The van der Waals surface area contributed by atoms with Gasteiger partial charge in [-0.1, -0.05) is 31.0 Å². The third-order valence-corrected chi connectivity index (χ3v) is 4.98. The van der Waals surface area contributed by atoms with Gasteiger partial charge in [-0.15, -0.1) is 0 Å². The molecule has 0 spiro atoms. The van der Waals surface area contributed by atoms with Crippen LogP contribution in [0.15, 0.2) is 4.99 Å². The fourth-order valence-corrected chi connectivity index (χ4v) is 3.74. The number of hydrogen-bond donors (Lipinski definition) is 4. The number of fused-ring (bicyclic) bond motifs is 1. The van der Waals surface area contributed by atoms with Gasteiger partial charge in [0.15, 0.2) is 5.17 Å². The summed E-state index contributed by atoms with van der Waals surface area (Å²) in [4.78, 5) is 4.06. The van der Waals surface area contributed by atoms with E-state index in [2.05, 4.69) is 10.3 Å². The Kier molecular flexibility index (Phi) is 6.10. The first-order valence-electron chi connectivity index (χ1n) is 7.19. The van der Waals surface area contributed by atoms with Gasteiger partial charge in [0.2, 0.25) is 0 Å². The number of aliphatic hydroxyl groups is 3. The predicted octanol–water partition coefficient (Wildman–Crippen LogP) is 0.0667. The van der Waals surface area contributed by atoms with Crippen LogP contribution in [-0.4, -0.2) is 63.9 Å². The van der Waals surface area contributed by atoms with Crippen LogP contribution in [0.3, 0.4) is 0 Å². The van der Waals surface area contributed by atoms with Crippen LogP contribution >= 0.6 is 11.8 Å². The van der Waals surface area contributed by atoms with E-state index in [0.29, 0.717) is 0 Å². The standard InChI is InChI=1S/C13H24N2O4S/c1-14-13-15-9-11(18)10(17)8(19-12(9)20-13)6-4-2-3-5-7-16/h8-12,16-18H,2-7H2,1H3,(H,14,15)/t8-,9-,10-,11-,12-/m1/s1. The van der Waals surface area contributed by atoms with Crippen LogP contribution < -0.4 is 5.32 Å². The first-order valence-corrected chi connectivity index (χ1v) is 8.07. The number of rotatable bonds is 6. The molecule has 0 aromatic rings. The van der Waals surface area contributed by atoms with Crippen molar-refractivity contribution in [2.45, 2.75) is 61.9 Å². The lowest BCUT2D eigenvalue weighted by Crippen LogP contribution is -2.58. The van der Waals surface area contributed by atoms with E-state index in [0.717, 1.165) is 37.3 Å². The van der Waals surface area contributed by atoms with Crippen molar-refractivity contribution in [3.63, 3.8) is 0 Å². The highest BCUT2D eigenvalue weighted by Gasteiger charge is 2.48. The van der Waals surface area contributed by atoms with Crippen molar-refractivity contribution < 1.29 is 20.1 Å². The maximum Gasteiger partial charge on any atom is 0.159 e. The third kappa shape index (κ3) is 3.65. The van der Waals surface area contributed by atoms with E-state index in [1.165, 1.54) is 11.8 Å². The Morgan fingerprint density at radius 1 is 1.20 bits per heavy atom. The Hall–Kier alpha value is -0.340. The molecule has 2 rings (SSSR count). The summed E-state index contributed by atoms with van der Waals surface area (Å²) in [6.07, 6.45) is 2.44. The molecule has 7 heteroatoms. The van der Waals surface area contributed by atoms with Gasteiger partial charge in [-0.3, -0.25) is 4.99 Å². The second kappa shape index (κ2) is 7.61. The normalized spacial score (nSPS) is 38.8. The Labute approximate surface area is 123 Å². The Bertz CT molecular complexity index is 342. The Morgan fingerprint density at radius 2 is 1.95 bits per heavy atom. The lowest BCUT2D eigenvalue weighted by atomic mass is 9.94. The summed E-state index contributed by atoms with van der Waals surface area (Å²) in [6, 6.07) is -0.292. The third-order valence-electron chi connectivity index (χ3n) is 3.82. The van der Waals surface area contributed by atoms with E-state index < -0.39 is 12.2 Å². The van der Waals surface area contributed by atoms with Crippen LogP contribution in [0.1, 0.15) is 32.1 Å². The molecule has 4 N–H and O–H groups in total. The zero-order valence-corrected chi connectivity index (χ0v) is 12.6. The molecule has 20 heavy (non-hydrogen) atoms. The highest BCUT2D eigenvalue weighted by molar-refractivity contribution is 8.14. The van der Waals surface area contributed by atoms with Crippen LogP contribution in [0.2, 0.25) is 0 Å². The maximum atomic E-state index is 10.2. The molecule has 2 heterocycles. The number of hydrogen-bond acceptors (Lipinski definition) is 6. The number of unbranched alkanes of at least 4 members (excludes halogenated alkanes) is 3. The quantitative estimate of drug-likeness (QED) is 0.519. The van der Waals surface area contributed by atoms with Crippen molar-refractivity contribution in [1.29, 1.82) is 0 Å². The summed E-state index contributed by atoms with van der Waals surface area (Å²) < 4.78 is 5.89. The second-order valence-electron chi connectivity index (χ2n) is 5.27. The van der Waals surface area contributed by atoms with Crippen molar-refractivity contribution in [3.05, 3.63) is 0 Å². The molecule has 2 aliphatic rings. The number of nitrogens with one attached hydrogen (secondary N) is 1. The molecule has 5 atom stereocenters. The van der Waals surface area contributed by atoms with Crippen LogP contribution in [0.5, 0.6) is 0 Å². The molecule has 0 aromatic heterocycles. The van der Waals surface area contributed by atoms with Crippen molar-refractivity contribution >= 4 is 16.9 Å². The van der Waals surface area contributed by atoms with Gasteiger partial charge in [-0.05, 0) is 12.8 Å². The topological polar surface area (TPSA) is 94.3 Å². The molecule has 0 aromatic carbocycles. The molecule has 116 valence electrons. The van der Waals surface area contributed by atoms with Crippen molar-refractivity contribution in [3.8, 4) is 0 Å². The van der Waals surface area contributed by atoms with Crippen molar-refractivity contribution in [2.75, 3.05) is 13.7 Å². The van der Waals surface area contributed by atoms with Gasteiger partial charge in [0.05, 0.1) is 12.1 Å². The number of aliphatic hydroxyl groups excluding tert-OH is 3. The highest BCUT2D eigenvalue weighted by atomic mass is 32.2. The molecule has 6 nitrogen and oxygen atoms in total. The summed E-state index contributed by atoms with van der Waals surface area (Å²) in [7, 11) is 1.69. The molecule has 2 saturated heterocycles. The van der Waals surface area contributed by atoms with Gasteiger partial charge in [0.25, 0.3) is 0 Å².